The predicted octanol–water partition coefficient (Wildman–Crippen LogP) is 0.564. The van der Waals surface area contributed by atoms with E-state index in [1.807, 2.05) is 0 Å². The summed E-state index contributed by atoms with van der Waals surface area (Å²) in [5.74, 6) is -0.451. The van der Waals surface area contributed by atoms with Crippen molar-refractivity contribution in [2.24, 2.45) is 5.73 Å². The van der Waals surface area contributed by atoms with Gasteiger partial charge in [0, 0.05) is 24.9 Å². The van der Waals surface area contributed by atoms with Gasteiger partial charge in [-0.3, -0.25) is 9.69 Å². The Kier molecular flexibility index (Phi) is 5.89. The molecular weight excluding hydrogens is 290 g/mol. The summed E-state index contributed by atoms with van der Waals surface area (Å²) in [5.41, 5.74) is 5.87. The maximum atomic E-state index is 12.6. The highest BCUT2D eigenvalue weighted by Crippen LogP contribution is 2.32. The molecule has 2 rings (SSSR count). The Labute approximate surface area is 130 Å². The molecule has 0 radical (unpaired) electrons. The van der Waals surface area contributed by atoms with Gasteiger partial charge in [0.25, 0.3) is 0 Å². The number of carbonyl (C=O) groups excluding carboxylic acids is 1. The number of aliphatic carboxylic acids is 1. The normalized spacial score (nSPS) is 28.0. The quantitative estimate of drug-likeness (QED) is 0.771. The minimum atomic E-state index is -0.893. The zero-order valence-corrected chi connectivity index (χ0v) is 13.3. The average Bonchev–Trinajstić information content (AvgIpc) is 2.86. The van der Waals surface area contributed by atoms with E-state index in [0.717, 1.165) is 38.8 Å². The van der Waals surface area contributed by atoms with Crippen molar-refractivity contribution < 1.29 is 14.7 Å². The van der Waals surface area contributed by atoms with Crippen LogP contribution in [0.1, 0.15) is 32.6 Å². The smallest absolute Gasteiger partial charge is 0.327 e. The number of nitrogens with zero attached hydrogens (tertiary/aromatic N) is 2. The van der Waals surface area contributed by atoms with Crippen LogP contribution in [0.4, 0.5) is 0 Å². The highest BCUT2D eigenvalue weighted by Gasteiger charge is 2.41. The van der Waals surface area contributed by atoms with Crippen molar-refractivity contribution in [3.05, 3.63) is 0 Å². The molecule has 1 amide bonds. The lowest BCUT2D eigenvalue weighted by molar-refractivity contribution is -0.149. The van der Waals surface area contributed by atoms with Crippen LogP contribution in [0, 0.1) is 0 Å². The fraction of sp³-hybridized carbons (Fsp3) is 0.857. The third-order valence-corrected chi connectivity index (χ3v) is 5.55. The van der Waals surface area contributed by atoms with E-state index in [1.54, 1.807) is 16.7 Å². The lowest BCUT2D eigenvalue weighted by Crippen LogP contribution is -2.51. The molecule has 120 valence electrons. The Morgan fingerprint density at radius 2 is 2.00 bits per heavy atom. The summed E-state index contributed by atoms with van der Waals surface area (Å²) in [7, 11) is 0. The third-order valence-electron chi connectivity index (χ3n) is 4.19. The lowest BCUT2D eigenvalue weighted by Gasteiger charge is -2.33. The standard InChI is InChI=1S/C14H25N3O3S/c1-2-3-13-17(11(9-21-13)14(19)20)12(18)8-16-6-4-10(15)5-7-16/h10-11,13H,2-9,15H2,1H3,(H,19,20). The topological polar surface area (TPSA) is 86.9 Å². The Balaban J connectivity index is 1.97. The molecule has 0 aromatic heterocycles. The SMILES string of the molecule is CCCC1SCC(C(=O)O)N1C(=O)CN1CCC(N)CC1. The molecule has 0 spiro atoms. The maximum absolute atomic E-state index is 12.6. The molecule has 2 aliphatic rings. The summed E-state index contributed by atoms with van der Waals surface area (Å²) in [6, 6.07) is -0.440. The summed E-state index contributed by atoms with van der Waals surface area (Å²) >= 11 is 1.59. The molecule has 2 heterocycles. The molecule has 6 nitrogen and oxygen atoms in total. The molecule has 2 aliphatic heterocycles. The zero-order valence-electron chi connectivity index (χ0n) is 12.5. The summed E-state index contributed by atoms with van der Waals surface area (Å²) in [5, 5.41) is 9.33. The van der Waals surface area contributed by atoms with E-state index in [-0.39, 0.29) is 17.3 Å². The molecule has 0 aromatic rings. The molecule has 2 fully saturated rings. The van der Waals surface area contributed by atoms with Crippen LogP contribution in [-0.4, -0.2) is 69.6 Å². The van der Waals surface area contributed by atoms with E-state index >= 15 is 0 Å². The molecule has 21 heavy (non-hydrogen) atoms. The first-order valence-corrected chi connectivity index (χ1v) is 8.71. The molecule has 3 N–H and O–H groups in total. The summed E-state index contributed by atoms with van der Waals surface area (Å²) in [4.78, 5) is 27.6. The number of thioether (sulfide) groups is 1. The number of amides is 1. The first-order valence-electron chi connectivity index (χ1n) is 7.66. The zero-order chi connectivity index (χ0) is 15.4. The summed E-state index contributed by atoms with van der Waals surface area (Å²) in [6.45, 7) is 4.02. The Morgan fingerprint density at radius 3 is 2.57 bits per heavy atom. The Bertz CT molecular complexity index is 386. The van der Waals surface area contributed by atoms with Crippen LogP contribution in [0.15, 0.2) is 0 Å². The number of carboxylic acids is 1. The first-order chi connectivity index (χ1) is 10.0. The van der Waals surface area contributed by atoms with Crippen LogP contribution in [0.5, 0.6) is 0 Å². The van der Waals surface area contributed by atoms with E-state index < -0.39 is 12.0 Å². The summed E-state index contributed by atoms with van der Waals surface area (Å²) in [6.07, 6.45) is 3.61. The van der Waals surface area contributed by atoms with Gasteiger partial charge in [0.05, 0.1) is 11.9 Å². The van der Waals surface area contributed by atoms with Crippen molar-refractivity contribution >= 4 is 23.6 Å². The van der Waals surface area contributed by atoms with Gasteiger partial charge in [-0.2, -0.15) is 0 Å². The van der Waals surface area contributed by atoms with Crippen LogP contribution >= 0.6 is 11.8 Å². The van der Waals surface area contributed by atoms with Gasteiger partial charge in [-0.15, -0.1) is 11.8 Å². The van der Waals surface area contributed by atoms with Gasteiger partial charge in [-0.25, -0.2) is 4.79 Å². The van der Waals surface area contributed by atoms with E-state index in [1.165, 1.54) is 0 Å². The minimum Gasteiger partial charge on any atom is -0.480 e. The van der Waals surface area contributed by atoms with Crippen molar-refractivity contribution in [3.8, 4) is 0 Å². The molecule has 0 aliphatic carbocycles. The van der Waals surface area contributed by atoms with Crippen LogP contribution in [0.3, 0.4) is 0 Å². The number of piperidine rings is 1. The molecule has 2 atom stereocenters. The van der Waals surface area contributed by atoms with Gasteiger partial charge in [-0.05, 0) is 19.3 Å². The highest BCUT2D eigenvalue weighted by molar-refractivity contribution is 8.00. The van der Waals surface area contributed by atoms with Gasteiger partial charge in [0.1, 0.15) is 6.04 Å². The van der Waals surface area contributed by atoms with E-state index in [0.29, 0.717) is 12.3 Å². The van der Waals surface area contributed by atoms with E-state index in [2.05, 4.69) is 11.8 Å². The number of hydrogen-bond acceptors (Lipinski definition) is 5. The largest absolute Gasteiger partial charge is 0.480 e. The molecule has 0 saturated carbocycles. The van der Waals surface area contributed by atoms with Crippen LogP contribution in [0.25, 0.3) is 0 Å². The van der Waals surface area contributed by atoms with Crippen LogP contribution < -0.4 is 5.73 Å². The van der Waals surface area contributed by atoms with Crippen molar-refractivity contribution in [2.75, 3.05) is 25.4 Å². The number of hydrogen-bond donors (Lipinski definition) is 2. The van der Waals surface area contributed by atoms with Crippen molar-refractivity contribution in [2.45, 2.75) is 50.1 Å². The number of rotatable bonds is 5. The van der Waals surface area contributed by atoms with Gasteiger partial charge in [0.15, 0.2) is 0 Å². The minimum absolute atomic E-state index is 0.00986. The van der Waals surface area contributed by atoms with E-state index in [9.17, 15) is 14.7 Å². The lowest BCUT2D eigenvalue weighted by atomic mass is 10.1. The fourth-order valence-electron chi connectivity index (χ4n) is 2.94. The average molecular weight is 315 g/mol. The second kappa shape index (κ2) is 7.47. The number of carboxylic acid groups (broad SMARTS) is 1. The molecule has 2 unspecified atom stereocenters. The first kappa shape index (κ1) is 16.6. The summed E-state index contributed by atoms with van der Waals surface area (Å²) < 4.78 is 0. The monoisotopic (exact) mass is 315 g/mol. The Hall–Kier alpha value is -0.790. The number of carbonyl (C=O) groups is 2. The van der Waals surface area contributed by atoms with Gasteiger partial charge in [0.2, 0.25) is 5.91 Å². The van der Waals surface area contributed by atoms with Crippen LogP contribution in [0.2, 0.25) is 0 Å². The van der Waals surface area contributed by atoms with Crippen molar-refractivity contribution in [1.29, 1.82) is 0 Å². The predicted molar refractivity (Wildman–Crippen MR) is 83.1 cm³/mol. The molecule has 0 bridgehead atoms. The van der Waals surface area contributed by atoms with E-state index in [4.69, 9.17) is 5.73 Å². The van der Waals surface area contributed by atoms with Crippen LogP contribution in [-0.2, 0) is 9.59 Å². The highest BCUT2D eigenvalue weighted by atomic mass is 32.2. The maximum Gasteiger partial charge on any atom is 0.327 e. The third kappa shape index (κ3) is 4.11. The molecular formula is C14H25N3O3S. The van der Waals surface area contributed by atoms with Crippen molar-refractivity contribution in [3.63, 3.8) is 0 Å². The van der Waals surface area contributed by atoms with Gasteiger partial charge in [-0.1, -0.05) is 13.3 Å². The number of likely N-dealkylation sites (tertiary alicyclic amines) is 1. The second-order valence-corrected chi connectivity index (χ2v) is 7.06. The second-order valence-electron chi connectivity index (χ2n) is 5.85. The van der Waals surface area contributed by atoms with Gasteiger partial charge >= 0.3 is 5.97 Å². The molecule has 2 saturated heterocycles. The van der Waals surface area contributed by atoms with Gasteiger partial charge < -0.3 is 15.7 Å². The Morgan fingerprint density at radius 1 is 1.33 bits per heavy atom. The molecule has 7 heteroatoms. The number of nitrogens with two attached hydrogens (primary N) is 1. The van der Waals surface area contributed by atoms with Crippen molar-refractivity contribution in [1.82, 2.24) is 9.80 Å². The molecule has 0 aromatic carbocycles. The fourth-order valence-corrected chi connectivity index (χ4v) is 4.48.